The highest BCUT2D eigenvalue weighted by Gasteiger charge is 2.42. The molecule has 10 nitrogen and oxygen atoms in total. The summed E-state index contributed by atoms with van der Waals surface area (Å²) in [6, 6.07) is 14.5. The molecule has 3 aromatic rings. The first-order valence-electron chi connectivity index (χ1n) is 11.2. The van der Waals surface area contributed by atoms with Gasteiger partial charge in [-0.1, -0.05) is 12.1 Å². The number of benzene rings is 2. The van der Waals surface area contributed by atoms with E-state index in [1.807, 2.05) is 35.5 Å². The van der Waals surface area contributed by atoms with Gasteiger partial charge < -0.3 is 30.0 Å². The fraction of sp³-hybridized carbons (Fsp3) is 0.280. The number of primary amides is 1. The van der Waals surface area contributed by atoms with Crippen LogP contribution in [-0.4, -0.2) is 57.5 Å². The van der Waals surface area contributed by atoms with Crippen molar-refractivity contribution in [1.29, 1.82) is 0 Å². The predicted octanol–water partition coefficient (Wildman–Crippen LogP) is 2.40. The number of methoxy groups -OCH3 is 1. The smallest absolute Gasteiger partial charge is 0.248 e. The maximum atomic E-state index is 11.3. The number of carbonyl (C=O) groups excluding carboxylic acids is 1. The number of aliphatic hydroxyl groups excluding tert-OH is 2. The van der Waals surface area contributed by atoms with Gasteiger partial charge in [-0.05, 0) is 48.9 Å². The van der Waals surface area contributed by atoms with Crippen molar-refractivity contribution in [2.75, 3.05) is 12.5 Å². The fourth-order valence-electron chi connectivity index (χ4n) is 4.40. The molecule has 10 heteroatoms. The zero-order chi connectivity index (χ0) is 24.7. The van der Waals surface area contributed by atoms with Crippen molar-refractivity contribution in [3.63, 3.8) is 0 Å². The molecule has 5 N–H and O–H groups in total. The molecule has 35 heavy (non-hydrogen) atoms. The molecule has 0 spiro atoms. The highest BCUT2D eigenvalue weighted by atomic mass is 16.6. The summed E-state index contributed by atoms with van der Waals surface area (Å²) in [5.41, 5.74) is 12.6. The Labute approximate surface area is 202 Å². The van der Waals surface area contributed by atoms with Crippen LogP contribution in [0.3, 0.4) is 0 Å². The maximum Gasteiger partial charge on any atom is 0.248 e. The number of aliphatic imine (C=N–C) groups is 1. The minimum atomic E-state index is -1.08. The van der Waals surface area contributed by atoms with E-state index in [-0.39, 0.29) is 0 Å². The molecule has 2 aliphatic heterocycles. The molecule has 1 amide bonds. The van der Waals surface area contributed by atoms with E-state index in [0.29, 0.717) is 17.9 Å². The average Bonchev–Trinajstić information content (AvgIpc) is 3.36. The van der Waals surface area contributed by atoms with Crippen molar-refractivity contribution in [2.24, 2.45) is 10.7 Å². The summed E-state index contributed by atoms with van der Waals surface area (Å²) in [6.45, 7) is 2.19. The highest BCUT2D eigenvalue weighted by Crippen LogP contribution is 2.41. The number of nitrogens with zero attached hydrogens (tertiary/aromatic N) is 3. The summed E-state index contributed by atoms with van der Waals surface area (Å²) in [6.07, 6.45) is 0.204. The zero-order valence-electron chi connectivity index (χ0n) is 19.3. The number of anilines is 1. The predicted molar refractivity (Wildman–Crippen MR) is 130 cm³/mol. The number of nitrogens with one attached hydrogen (secondary N) is 1. The van der Waals surface area contributed by atoms with Crippen LogP contribution in [0.4, 0.5) is 11.5 Å². The van der Waals surface area contributed by atoms with E-state index in [2.05, 4.69) is 10.4 Å². The van der Waals surface area contributed by atoms with Gasteiger partial charge in [0.2, 0.25) is 5.91 Å². The molecule has 3 heterocycles. The minimum Gasteiger partial charge on any atom is -0.497 e. The van der Waals surface area contributed by atoms with E-state index >= 15 is 0 Å². The summed E-state index contributed by atoms with van der Waals surface area (Å²) in [4.78, 5) is 16.0. The molecule has 0 aliphatic carbocycles. The second kappa shape index (κ2) is 9.06. The molecule has 0 bridgehead atoms. The highest BCUT2D eigenvalue weighted by molar-refractivity contribution is 5.93. The lowest BCUT2D eigenvalue weighted by atomic mass is 10.0. The normalized spacial score (nSPS) is 23.3. The van der Waals surface area contributed by atoms with Crippen molar-refractivity contribution in [2.45, 2.75) is 38.0 Å². The fourth-order valence-corrected chi connectivity index (χ4v) is 4.40. The molecule has 0 saturated carbocycles. The maximum absolute atomic E-state index is 11.3. The number of aromatic nitrogens is 1. The van der Waals surface area contributed by atoms with Gasteiger partial charge in [0, 0.05) is 22.9 Å². The number of rotatable bonds is 6. The average molecular weight is 478 g/mol. The van der Waals surface area contributed by atoms with Crippen LogP contribution in [0.25, 0.3) is 11.1 Å². The second-order valence-electron chi connectivity index (χ2n) is 8.62. The number of hydrogen-bond acceptors (Lipinski definition) is 8. The van der Waals surface area contributed by atoms with Crippen LogP contribution in [0, 0.1) is 0 Å². The van der Waals surface area contributed by atoms with Gasteiger partial charge in [-0.2, -0.15) is 0 Å². The molecule has 5 rings (SSSR count). The Kier molecular flexibility index (Phi) is 5.93. The number of ether oxygens (including phenoxy) is 2. The number of hydrogen-bond donors (Lipinski definition) is 4. The van der Waals surface area contributed by atoms with Gasteiger partial charge in [-0.25, -0.2) is 4.99 Å². The van der Waals surface area contributed by atoms with E-state index in [4.69, 9.17) is 15.2 Å². The number of fused-ring (bicyclic) bond motifs is 1. The number of nitrogens with two attached hydrogens (primary N) is 1. The van der Waals surface area contributed by atoms with E-state index in [1.165, 1.54) is 0 Å². The molecule has 1 saturated heterocycles. The topological polar surface area (TPSA) is 135 Å². The van der Waals surface area contributed by atoms with Crippen LogP contribution in [0.2, 0.25) is 0 Å². The van der Waals surface area contributed by atoms with Crippen molar-refractivity contribution in [1.82, 2.24) is 9.58 Å². The Morgan fingerprint density at radius 1 is 1.14 bits per heavy atom. The zero-order valence-corrected chi connectivity index (χ0v) is 19.3. The SMILES string of the molecule is COc1ccc(-c2cn([C@@H]3O[C@H](C)[C@@H](O)[C@H]3O)c3c2CN(Nc2ccc(C(N)=O)cc2)C=N3)cc1. The number of carbonyl (C=O) groups is 1. The van der Waals surface area contributed by atoms with Crippen molar-refractivity contribution in [3.05, 3.63) is 65.9 Å². The number of aliphatic hydroxyl groups is 2. The van der Waals surface area contributed by atoms with Crippen LogP contribution in [0.1, 0.15) is 29.1 Å². The van der Waals surface area contributed by atoms with Crippen LogP contribution >= 0.6 is 0 Å². The summed E-state index contributed by atoms with van der Waals surface area (Å²) in [5, 5.41) is 22.7. The first kappa shape index (κ1) is 22.9. The molecule has 1 aromatic heterocycles. The standard InChI is InChI=1S/C25H27N5O5/c1-14-21(31)22(32)25(35-14)30-12-19(15-5-9-18(34-2)10-6-15)20-11-29(13-27-24(20)30)28-17-7-3-16(4-8-17)23(26)33/h3-10,12-14,21-22,25,28,31-32H,11H2,1-2H3,(H2,26,33)/t14-,21-,22-,25-/m1/s1. The number of hydrazine groups is 1. The quantitative estimate of drug-likeness (QED) is 0.428. The third kappa shape index (κ3) is 4.23. The lowest BCUT2D eigenvalue weighted by molar-refractivity contribution is -0.0308. The van der Waals surface area contributed by atoms with E-state index in [1.54, 1.807) is 49.2 Å². The lowest BCUT2D eigenvalue weighted by Crippen LogP contribution is -2.31. The molecule has 2 aromatic carbocycles. The van der Waals surface area contributed by atoms with Crippen LogP contribution in [-0.2, 0) is 11.3 Å². The summed E-state index contributed by atoms with van der Waals surface area (Å²) in [7, 11) is 1.62. The molecule has 182 valence electrons. The Hall–Kier alpha value is -3.86. The van der Waals surface area contributed by atoms with Crippen LogP contribution in [0.15, 0.2) is 59.7 Å². The minimum absolute atomic E-state index is 0.426. The molecular weight excluding hydrogens is 450 g/mol. The molecule has 2 aliphatic rings. The van der Waals surface area contributed by atoms with Gasteiger partial charge in [0.15, 0.2) is 6.23 Å². The number of amides is 1. The molecule has 0 unspecified atom stereocenters. The van der Waals surface area contributed by atoms with Gasteiger partial charge in [-0.3, -0.25) is 15.2 Å². The van der Waals surface area contributed by atoms with Gasteiger partial charge in [0.1, 0.15) is 30.1 Å². The second-order valence-corrected chi connectivity index (χ2v) is 8.62. The van der Waals surface area contributed by atoms with Crippen molar-refractivity contribution in [3.8, 4) is 16.9 Å². The van der Waals surface area contributed by atoms with E-state index in [0.717, 1.165) is 28.1 Å². The van der Waals surface area contributed by atoms with Crippen LogP contribution in [0.5, 0.6) is 5.75 Å². The van der Waals surface area contributed by atoms with Crippen molar-refractivity contribution < 1.29 is 24.5 Å². The molecular formula is C25H27N5O5. The monoisotopic (exact) mass is 477 g/mol. The Balaban J connectivity index is 1.49. The summed E-state index contributed by atoms with van der Waals surface area (Å²) < 4.78 is 13.0. The Morgan fingerprint density at radius 3 is 2.46 bits per heavy atom. The Bertz CT molecular complexity index is 1250. The van der Waals surface area contributed by atoms with Gasteiger partial charge in [-0.15, -0.1) is 0 Å². The summed E-state index contributed by atoms with van der Waals surface area (Å²) >= 11 is 0. The van der Waals surface area contributed by atoms with Gasteiger partial charge in [0.25, 0.3) is 0 Å². The summed E-state index contributed by atoms with van der Waals surface area (Å²) in [5.74, 6) is 0.902. The van der Waals surface area contributed by atoms with E-state index < -0.39 is 30.4 Å². The van der Waals surface area contributed by atoms with Crippen molar-refractivity contribution >= 4 is 23.8 Å². The first-order chi connectivity index (χ1) is 16.9. The first-order valence-corrected chi connectivity index (χ1v) is 11.2. The third-order valence-corrected chi connectivity index (χ3v) is 6.35. The Morgan fingerprint density at radius 2 is 1.86 bits per heavy atom. The molecule has 4 atom stereocenters. The van der Waals surface area contributed by atoms with Gasteiger partial charge >= 0.3 is 0 Å². The third-order valence-electron chi connectivity index (χ3n) is 6.35. The lowest BCUT2D eigenvalue weighted by Gasteiger charge is -2.26. The largest absolute Gasteiger partial charge is 0.497 e. The molecule has 1 fully saturated rings. The van der Waals surface area contributed by atoms with E-state index in [9.17, 15) is 15.0 Å². The molecule has 0 radical (unpaired) electrons. The van der Waals surface area contributed by atoms with Gasteiger partial charge in [0.05, 0.1) is 25.4 Å². The van der Waals surface area contributed by atoms with Crippen LogP contribution < -0.4 is 15.9 Å².